The molecule has 0 bridgehead atoms. The number of halogens is 1. The van der Waals surface area contributed by atoms with Gasteiger partial charge in [0.25, 0.3) is 0 Å². The van der Waals surface area contributed by atoms with Crippen LogP contribution in [0.4, 0.5) is 5.82 Å². The van der Waals surface area contributed by atoms with E-state index in [-0.39, 0.29) is 5.56 Å². The Morgan fingerprint density at radius 3 is 2.76 bits per heavy atom. The summed E-state index contributed by atoms with van der Waals surface area (Å²) in [5, 5.41) is 13.6. The van der Waals surface area contributed by atoms with E-state index in [1.165, 1.54) is 18.3 Å². The Hall–Kier alpha value is -3.58. The Kier molecular flexibility index (Phi) is 6.65. The summed E-state index contributed by atoms with van der Waals surface area (Å²) >= 11 is 5.99. The van der Waals surface area contributed by atoms with Crippen molar-refractivity contribution in [2.24, 2.45) is 5.10 Å². The minimum atomic E-state index is -1.03. The number of nitrogens with zero attached hydrogens (tertiary/aromatic N) is 2. The molecule has 0 aliphatic heterocycles. The fraction of sp³-hybridized carbons (Fsp3) is 0.0952. The lowest BCUT2D eigenvalue weighted by Gasteiger charge is -2.11. The lowest BCUT2D eigenvalue weighted by molar-refractivity contribution is 0.0696. The van der Waals surface area contributed by atoms with Crippen LogP contribution in [0.25, 0.3) is 0 Å². The van der Waals surface area contributed by atoms with Crippen molar-refractivity contribution in [1.29, 1.82) is 0 Å². The van der Waals surface area contributed by atoms with Gasteiger partial charge in [0, 0.05) is 11.2 Å². The summed E-state index contributed by atoms with van der Waals surface area (Å²) in [7, 11) is 1.56. The van der Waals surface area contributed by atoms with Gasteiger partial charge in [-0.2, -0.15) is 5.10 Å². The van der Waals surface area contributed by atoms with Crippen LogP contribution in [0.5, 0.6) is 11.5 Å². The number of aromatic nitrogens is 1. The third kappa shape index (κ3) is 5.70. The van der Waals surface area contributed by atoms with E-state index in [1.54, 1.807) is 25.5 Å². The number of carbonyl (C=O) groups is 1. The van der Waals surface area contributed by atoms with E-state index in [0.717, 1.165) is 11.1 Å². The number of rotatable bonds is 8. The number of hydrazone groups is 1. The molecule has 0 saturated carbocycles. The summed E-state index contributed by atoms with van der Waals surface area (Å²) in [6.45, 7) is 0.365. The molecule has 1 heterocycles. The number of aromatic carboxylic acids is 1. The lowest BCUT2D eigenvalue weighted by Crippen LogP contribution is -2.00. The molecule has 1 aromatic heterocycles. The Balaban J connectivity index is 1.63. The number of anilines is 1. The highest BCUT2D eigenvalue weighted by molar-refractivity contribution is 6.30. The molecule has 2 aromatic carbocycles. The highest BCUT2D eigenvalue weighted by Crippen LogP contribution is 2.28. The van der Waals surface area contributed by atoms with Gasteiger partial charge in [0.05, 0.1) is 18.9 Å². The molecule has 0 saturated heterocycles. The number of pyridine rings is 1. The second-order valence-electron chi connectivity index (χ2n) is 5.94. The molecular weight excluding hydrogens is 394 g/mol. The van der Waals surface area contributed by atoms with Crippen LogP contribution < -0.4 is 14.9 Å². The summed E-state index contributed by atoms with van der Waals surface area (Å²) in [5.74, 6) is 0.570. The van der Waals surface area contributed by atoms with Crippen molar-refractivity contribution in [3.63, 3.8) is 0 Å². The highest BCUT2D eigenvalue weighted by Gasteiger charge is 2.06. The van der Waals surface area contributed by atoms with Crippen LogP contribution >= 0.6 is 11.6 Å². The predicted molar refractivity (Wildman–Crippen MR) is 111 cm³/mol. The molecule has 0 aliphatic carbocycles. The van der Waals surface area contributed by atoms with E-state index >= 15 is 0 Å². The van der Waals surface area contributed by atoms with E-state index in [4.69, 9.17) is 26.2 Å². The fourth-order valence-corrected chi connectivity index (χ4v) is 2.64. The predicted octanol–water partition coefficient (Wildman–Crippen LogP) is 4.47. The molecule has 3 rings (SSSR count). The summed E-state index contributed by atoms with van der Waals surface area (Å²) in [5.41, 5.74) is 4.59. The first kappa shape index (κ1) is 20.2. The van der Waals surface area contributed by atoms with Crippen molar-refractivity contribution < 1.29 is 19.4 Å². The molecule has 0 aliphatic rings. The van der Waals surface area contributed by atoms with Crippen molar-refractivity contribution in [2.75, 3.05) is 12.5 Å². The molecule has 0 atom stereocenters. The average molecular weight is 412 g/mol. The van der Waals surface area contributed by atoms with Crippen molar-refractivity contribution in [1.82, 2.24) is 4.98 Å². The van der Waals surface area contributed by atoms with Crippen molar-refractivity contribution in [2.45, 2.75) is 6.61 Å². The second kappa shape index (κ2) is 9.57. The fourth-order valence-electron chi connectivity index (χ4n) is 2.43. The Labute approximate surface area is 172 Å². The highest BCUT2D eigenvalue weighted by atomic mass is 35.5. The quantitative estimate of drug-likeness (QED) is 0.419. The standard InChI is InChI=1S/C21H18ClN3O4/c1-28-19-10-14(11-24-25-20-8-6-16(12-23-20)21(26)27)5-7-18(19)29-13-15-3-2-4-17(22)9-15/h2-12H,13H2,1H3,(H,23,25)(H,26,27)/b24-11+. The molecule has 3 aromatic rings. The minimum absolute atomic E-state index is 0.109. The van der Waals surface area contributed by atoms with Crippen LogP contribution in [0.2, 0.25) is 5.02 Å². The molecule has 29 heavy (non-hydrogen) atoms. The van der Waals surface area contributed by atoms with Gasteiger partial charge < -0.3 is 14.6 Å². The molecule has 0 fully saturated rings. The topological polar surface area (TPSA) is 93.0 Å². The van der Waals surface area contributed by atoms with Gasteiger partial charge >= 0.3 is 5.97 Å². The first-order chi connectivity index (χ1) is 14.0. The van der Waals surface area contributed by atoms with Crippen LogP contribution in [0, 0.1) is 0 Å². The zero-order valence-corrected chi connectivity index (χ0v) is 16.3. The van der Waals surface area contributed by atoms with Crippen molar-refractivity contribution in [3.05, 3.63) is 82.5 Å². The molecule has 7 nitrogen and oxygen atoms in total. The van der Waals surface area contributed by atoms with Crippen LogP contribution in [0.15, 0.2) is 65.9 Å². The Bertz CT molecular complexity index is 1020. The maximum absolute atomic E-state index is 10.8. The second-order valence-corrected chi connectivity index (χ2v) is 6.37. The van der Waals surface area contributed by atoms with Crippen LogP contribution in [0.1, 0.15) is 21.5 Å². The number of carboxylic acid groups (broad SMARTS) is 1. The van der Waals surface area contributed by atoms with E-state index in [9.17, 15) is 4.79 Å². The van der Waals surface area contributed by atoms with Gasteiger partial charge in [-0.1, -0.05) is 23.7 Å². The zero-order chi connectivity index (χ0) is 20.6. The molecular formula is C21H18ClN3O4. The van der Waals surface area contributed by atoms with Crippen molar-refractivity contribution >= 4 is 29.6 Å². The normalized spacial score (nSPS) is 10.7. The molecule has 2 N–H and O–H groups in total. The monoisotopic (exact) mass is 411 g/mol. The Morgan fingerprint density at radius 2 is 2.07 bits per heavy atom. The average Bonchev–Trinajstić information content (AvgIpc) is 2.73. The van der Waals surface area contributed by atoms with Crippen molar-refractivity contribution in [3.8, 4) is 11.5 Å². The van der Waals surface area contributed by atoms with Gasteiger partial charge in [0.15, 0.2) is 11.5 Å². The third-order valence-corrected chi connectivity index (χ3v) is 4.11. The zero-order valence-electron chi connectivity index (χ0n) is 15.5. The summed E-state index contributed by atoms with van der Waals surface area (Å²) in [4.78, 5) is 14.8. The summed E-state index contributed by atoms with van der Waals surface area (Å²) < 4.78 is 11.2. The van der Waals surface area contributed by atoms with E-state index in [0.29, 0.717) is 28.9 Å². The minimum Gasteiger partial charge on any atom is -0.493 e. The molecule has 148 valence electrons. The Morgan fingerprint density at radius 1 is 1.21 bits per heavy atom. The number of carboxylic acids is 1. The van der Waals surface area contributed by atoms with Gasteiger partial charge in [-0.25, -0.2) is 9.78 Å². The van der Waals surface area contributed by atoms with Crippen LogP contribution in [-0.4, -0.2) is 29.4 Å². The number of methoxy groups -OCH3 is 1. The van der Waals surface area contributed by atoms with Crippen LogP contribution in [0.3, 0.4) is 0 Å². The third-order valence-electron chi connectivity index (χ3n) is 3.87. The van der Waals surface area contributed by atoms with Gasteiger partial charge in [0.1, 0.15) is 12.4 Å². The van der Waals surface area contributed by atoms with E-state index in [2.05, 4.69) is 15.5 Å². The molecule has 0 spiro atoms. The largest absolute Gasteiger partial charge is 0.493 e. The number of benzene rings is 2. The number of ether oxygens (including phenoxy) is 2. The van der Waals surface area contributed by atoms with Gasteiger partial charge in [0.2, 0.25) is 0 Å². The smallest absolute Gasteiger partial charge is 0.337 e. The lowest BCUT2D eigenvalue weighted by atomic mass is 10.2. The van der Waals surface area contributed by atoms with Gasteiger partial charge in [-0.3, -0.25) is 5.43 Å². The van der Waals surface area contributed by atoms with E-state index < -0.39 is 5.97 Å². The SMILES string of the molecule is COc1cc(/C=N/Nc2ccc(C(=O)O)cn2)ccc1OCc1cccc(Cl)c1. The van der Waals surface area contributed by atoms with Crippen LogP contribution in [-0.2, 0) is 6.61 Å². The summed E-state index contributed by atoms with van der Waals surface area (Å²) in [6, 6.07) is 15.9. The van der Waals surface area contributed by atoms with E-state index in [1.807, 2.05) is 30.3 Å². The first-order valence-corrected chi connectivity index (χ1v) is 8.96. The van der Waals surface area contributed by atoms with Gasteiger partial charge in [-0.15, -0.1) is 0 Å². The number of hydrogen-bond donors (Lipinski definition) is 2. The molecule has 0 amide bonds. The number of hydrogen-bond acceptors (Lipinski definition) is 6. The maximum Gasteiger partial charge on any atom is 0.337 e. The molecule has 8 heteroatoms. The number of nitrogens with one attached hydrogen (secondary N) is 1. The molecule has 0 unspecified atom stereocenters. The van der Waals surface area contributed by atoms with Gasteiger partial charge in [-0.05, 0) is 53.6 Å². The first-order valence-electron chi connectivity index (χ1n) is 8.59. The molecule has 0 radical (unpaired) electrons. The summed E-state index contributed by atoms with van der Waals surface area (Å²) in [6.07, 6.45) is 2.85. The maximum atomic E-state index is 10.8.